The van der Waals surface area contributed by atoms with Crippen molar-refractivity contribution in [1.82, 2.24) is 14.1 Å². The van der Waals surface area contributed by atoms with Crippen molar-refractivity contribution in [2.75, 3.05) is 32.7 Å². The van der Waals surface area contributed by atoms with E-state index in [1.807, 2.05) is 48.5 Å². The van der Waals surface area contributed by atoms with Crippen LogP contribution >= 0.6 is 23.2 Å². The highest BCUT2D eigenvalue weighted by atomic mass is 35.5. The van der Waals surface area contributed by atoms with Gasteiger partial charge in [0.1, 0.15) is 0 Å². The Morgan fingerprint density at radius 2 is 1.71 bits per heavy atom. The van der Waals surface area contributed by atoms with Gasteiger partial charge < -0.3 is 4.90 Å². The van der Waals surface area contributed by atoms with E-state index in [4.69, 9.17) is 23.2 Å². The molecule has 0 bridgehead atoms. The van der Waals surface area contributed by atoms with E-state index in [9.17, 15) is 13.2 Å². The molecule has 0 radical (unpaired) electrons. The number of likely N-dealkylation sites (tertiary alicyclic amines) is 1. The quantitative estimate of drug-likeness (QED) is 0.285. The zero-order valence-corrected chi connectivity index (χ0v) is 26.3. The summed E-state index contributed by atoms with van der Waals surface area (Å²) in [6.07, 6.45) is 5.45. The van der Waals surface area contributed by atoms with Crippen LogP contribution in [0.25, 0.3) is 0 Å². The van der Waals surface area contributed by atoms with Crippen molar-refractivity contribution >= 4 is 39.1 Å². The summed E-state index contributed by atoms with van der Waals surface area (Å²) >= 11 is 12.8. The molecule has 1 amide bonds. The maximum Gasteiger partial charge on any atom is 0.229 e. The van der Waals surface area contributed by atoms with Crippen LogP contribution in [0, 0.1) is 5.41 Å². The van der Waals surface area contributed by atoms with Crippen LogP contribution in [0.3, 0.4) is 0 Å². The first-order chi connectivity index (χ1) is 19.6. The first-order valence-corrected chi connectivity index (χ1v) is 17.0. The van der Waals surface area contributed by atoms with Crippen LogP contribution in [0.2, 0.25) is 10.0 Å². The Morgan fingerprint density at radius 1 is 1.02 bits per heavy atom. The molecule has 0 aromatic heterocycles. The molecule has 0 spiro atoms. The third-order valence-electron chi connectivity index (χ3n) is 9.16. The number of allylic oxidation sites excluding steroid dienone is 1. The molecule has 2 aliphatic heterocycles. The van der Waals surface area contributed by atoms with Crippen LogP contribution in [-0.2, 0) is 14.8 Å². The molecule has 3 aliphatic rings. The van der Waals surface area contributed by atoms with Crippen molar-refractivity contribution < 1.29 is 13.2 Å². The molecule has 2 aromatic rings. The average molecular weight is 619 g/mol. The maximum atomic E-state index is 14.6. The molecule has 5 rings (SSSR count). The van der Waals surface area contributed by atoms with Gasteiger partial charge in [0, 0.05) is 54.7 Å². The summed E-state index contributed by atoms with van der Waals surface area (Å²) in [5.41, 5.74) is 1.55. The summed E-state index contributed by atoms with van der Waals surface area (Å²) in [4.78, 5) is 19.0. The van der Waals surface area contributed by atoms with E-state index in [1.165, 1.54) is 0 Å². The lowest BCUT2D eigenvalue weighted by molar-refractivity contribution is -0.155. The fraction of sp³-hybridized carbons (Fsp3) is 0.531. The Kier molecular flexibility index (Phi) is 9.22. The van der Waals surface area contributed by atoms with Gasteiger partial charge in [-0.05, 0) is 67.5 Å². The van der Waals surface area contributed by atoms with Crippen molar-refractivity contribution in [3.8, 4) is 0 Å². The van der Waals surface area contributed by atoms with Crippen LogP contribution in [0.5, 0.6) is 0 Å². The minimum Gasteiger partial charge on any atom is -0.330 e. The second kappa shape index (κ2) is 12.4. The number of carbonyl (C=O) groups is 1. The lowest BCUT2D eigenvalue weighted by Crippen LogP contribution is -2.59. The van der Waals surface area contributed by atoms with Gasteiger partial charge in [0.2, 0.25) is 15.9 Å². The fourth-order valence-corrected chi connectivity index (χ4v) is 8.89. The van der Waals surface area contributed by atoms with Gasteiger partial charge in [0.25, 0.3) is 0 Å². The maximum absolute atomic E-state index is 14.6. The van der Waals surface area contributed by atoms with Crippen LogP contribution in [0.15, 0.2) is 61.2 Å². The van der Waals surface area contributed by atoms with E-state index in [1.54, 1.807) is 4.31 Å². The Bertz CT molecular complexity index is 1360. The van der Waals surface area contributed by atoms with E-state index in [-0.39, 0.29) is 29.2 Å². The number of sulfonamides is 1. The normalized spacial score (nSPS) is 27.1. The van der Waals surface area contributed by atoms with Gasteiger partial charge in [-0.2, -0.15) is 4.31 Å². The molecule has 0 N–H and O–H groups in total. The van der Waals surface area contributed by atoms with Crippen LogP contribution in [0.1, 0.15) is 69.0 Å². The van der Waals surface area contributed by atoms with Crippen molar-refractivity contribution in [2.24, 2.45) is 5.41 Å². The second-order valence-corrected chi connectivity index (χ2v) is 15.2. The van der Waals surface area contributed by atoms with Crippen molar-refractivity contribution in [2.45, 2.75) is 69.2 Å². The van der Waals surface area contributed by atoms with Crippen LogP contribution in [-0.4, -0.2) is 72.4 Å². The predicted molar refractivity (Wildman–Crippen MR) is 167 cm³/mol. The number of hydrogen-bond acceptors (Lipinski definition) is 4. The first kappa shape index (κ1) is 30.6. The summed E-state index contributed by atoms with van der Waals surface area (Å²) in [7, 11) is -3.18. The van der Waals surface area contributed by atoms with E-state index in [0.29, 0.717) is 55.6 Å². The minimum absolute atomic E-state index is 0.0205. The van der Waals surface area contributed by atoms with Crippen molar-refractivity contribution in [3.63, 3.8) is 0 Å². The summed E-state index contributed by atoms with van der Waals surface area (Å²) in [5, 5.41) is 1.15. The highest BCUT2D eigenvalue weighted by Gasteiger charge is 2.51. The van der Waals surface area contributed by atoms with E-state index >= 15 is 0 Å². The smallest absolute Gasteiger partial charge is 0.229 e. The Balaban J connectivity index is 1.49. The molecule has 3 fully saturated rings. The molecular weight excluding hydrogens is 577 g/mol. The molecule has 6 nitrogen and oxygen atoms in total. The van der Waals surface area contributed by atoms with Gasteiger partial charge in [0.05, 0.1) is 16.7 Å². The molecule has 2 aromatic carbocycles. The van der Waals surface area contributed by atoms with Gasteiger partial charge in [-0.15, -0.1) is 6.58 Å². The number of halogens is 2. The number of carbonyl (C=O) groups excluding carboxylic acids is 1. The van der Waals surface area contributed by atoms with Gasteiger partial charge in [-0.3, -0.25) is 9.69 Å². The SMILES string of the molecule is C=CCC1(C)CC(c2cccc(Cl)c2)C(c2ccc(Cl)cc2)N(C(CC)CN2CCN(S(=O)(=O)C3CC3)CC2)C1=O. The standard InChI is InChI=1S/C32H41Cl2N3O3S/c1-4-15-32(3)21-29(24-7-6-8-26(34)20-24)30(23-9-11-25(33)12-10-23)37(31(32)38)27(5-2)22-35-16-18-36(19-17-35)41(39,40)28-13-14-28/h4,6-12,20,27-30H,1,5,13-19,21-22H2,2-3H3. The molecule has 9 heteroatoms. The van der Waals surface area contributed by atoms with Gasteiger partial charge >= 0.3 is 0 Å². The summed E-state index contributed by atoms with van der Waals surface area (Å²) in [6, 6.07) is 15.6. The van der Waals surface area contributed by atoms with Gasteiger partial charge in [-0.25, -0.2) is 8.42 Å². The third kappa shape index (κ3) is 6.40. The largest absolute Gasteiger partial charge is 0.330 e. The van der Waals surface area contributed by atoms with E-state index < -0.39 is 15.4 Å². The van der Waals surface area contributed by atoms with E-state index in [2.05, 4.69) is 36.3 Å². The number of nitrogens with zero attached hydrogens (tertiary/aromatic N) is 3. The Hall–Kier alpha value is -1.90. The Morgan fingerprint density at radius 3 is 2.29 bits per heavy atom. The number of hydrogen-bond donors (Lipinski definition) is 0. The second-order valence-electron chi connectivity index (χ2n) is 12.1. The van der Waals surface area contributed by atoms with E-state index in [0.717, 1.165) is 30.4 Å². The molecule has 2 heterocycles. The van der Waals surface area contributed by atoms with Gasteiger partial charge in [0.15, 0.2) is 0 Å². The monoisotopic (exact) mass is 617 g/mol. The zero-order valence-electron chi connectivity index (χ0n) is 24.0. The van der Waals surface area contributed by atoms with Crippen LogP contribution in [0.4, 0.5) is 0 Å². The first-order valence-electron chi connectivity index (χ1n) is 14.7. The highest BCUT2D eigenvalue weighted by molar-refractivity contribution is 7.90. The summed E-state index contributed by atoms with van der Waals surface area (Å²) < 4.78 is 27.3. The third-order valence-corrected chi connectivity index (χ3v) is 12.0. The number of benzene rings is 2. The zero-order chi connectivity index (χ0) is 29.4. The molecule has 2 saturated heterocycles. The summed E-state index contributed by atoms with van der Waals surface area (Å²) in [6.45, 7) is 11.2. The van der Waals surface area contributed by atoms with Crippen molar-refractivity contribution in [3.05, 3.63) is 82.4 Å². The molecule has 4 unspecified atom stereocenters. The number of piperazine rings is 1. The fourth-order valence-electron chi connectivity index (χ4n) is 6.74. The topological polar surface area (TPSA) is 60.9 Å². The molecule has 4 atom stereocenters. The highest BCUT2D eigenvalue weighted by Crippen LogP contribution is 2.52. The lowest BCUT2D eigenvalue weighted by Gasteiger charge is -2.53. The minimum atomic E-state index is -3.18. The van der Waals surface area contributed by atoms with Crippen LogP contribution < -0.4 is 0 Å². The molecule has 41 heavy (non-hydrogen) atoms. The molecule has 1 aliphatic carbocycles. The van der Waals surface area contributed by atoms with Crippen molar-refractivity contribution in [1.29, 1.82) is 0 Å². The Labute approximate surface area is 255 Å². The number of piperidine rings is 1. The molecule has 222 valence electrons. The number of amides is 1. The molecular formula is C32H41Cl2N3O3S. The number of rotatable bonds is 10. The lowest BCUT2D eigenvalue weighted by atomic mass is 9.67. The van der Waals surface area contributed by atoms with Gasteiger partial charge in [-0.1, -0.05) is 67.4 Å². The average Bonchev–Trinajstić information content (AvgIpc) is 3.81. The summed E-state index contributed by atoms with van der Waals surface area (Å²) in [5.74, 6) is 0.157. The predicted octanol–water partition coefficient (Wildman–Crippen LogP) is 6.52. The molecule has 1 saturated carbocycles.